The van der Waals surface area contributed by atoms with E-state index in [9.17, 15) is 0 Å². The van der Waals surface area contributed by atoms with E-state index in [1.54, 1.807) is 0 Å². The second-order valence-electron chi connectivity index (χ2n) is 4.65. The van der Waals surface area contributed by atoms with Gasteiger partial charge < -0.3 is 11.1 Å². The van der Waals surface area contributed by atoms with Gasteiger partial charge in [0.2, 0.25) is 0 Å². The standard InChI is InChI=1S/C13H20N2/c1-9-7-12(8-10(2)13(9)14)15-11-5-3-4-6-11/h7-8,11,15H,3-6,14H2,1-2H3. The van der Waals surface area contributed by atoms with E-state index in [0.29, 0.717) is 6.04 Å². The minimum Gasteiger partial charge on any atom is -0.398 e. The molecule has 0 radical (unpaired) electrons. The number of nitrogens with one attached hydrogen (secondary N) is 1. The molecule has 3 N–H and O–H groups in total. The van der Waals surface area contributed by atoms with Crippen molar-refractivity contribution in [1.82, 2.24) is 0 Å². The van der Waals surface area contributed by atoms with Crippen molar-refractivity contribution in [1.29, 1.82) is 0 Å². The predicted molar refractivity (Wildman–Crippen MR) is 66.2 cm³/mol. The third-order valence-corrected chi connectivity index (χ3v) is 3.32. The van der Waals surface area contributed by atoms with Crippen LogP contribution in [0.25, 0.3) is 0 Å². The molecule has 0 aliphatic heterocycles. The molecule has 0 amide bonds. The Morgan fingerprint density at radius 3 is 2.20 bits per heavy atom. The summed E-state index contributed by atoms with van der Waals surface area (Å²) >= 11 is 0. The second kappa shape index (κ2) is 4.13. The molecule has 0 saturated heterocycles. The van der Waals surface area contributed by atoms with Crippen molar-refractivity contribution in [3.63, 3.8) is 0 Å². The van der Waals surface area contributed by atoms with Crippen LogP contribution in [0, 0.1) is 13.8 Å². The van der Waals surface area contributed by atoms with Crippen LogP contribution in [0.4, 0.5) is 11.4 Å². The van der Waals surface area contributed by atoms with E-state index in [1.165, 1.54) is 42.5 Å². The fourth-order valence-electron chi connectivity index (χ4n) is 2.36. The van der Waals surface area contributed by atoms with Crippen molar-refractivity contribution < 1.29 is 0 Å². The lowest BCUT2D eigenvalue weighted by atomic mass is 10.1. The summed E-state index contributed by atoms with van der Waals surface area (Å²) in [6.07, 6.45) is 5.35. The summed E-state index contributed by atoms with van der Waals surface area (Å²) in [5.74, 6) is 0. The molecule has 1 saturated carbocycles. The lowest BCUT2D eigenvalue weighted by Crippen LogP contribution is -2.14. The molecule has 1 fully saturated rings. The number of rotatable bonds is 2. The number of nitrogens with two attached hydrogens (primary N) is 1. The molecule has 15 heavy (non-hydrogen) atoms. The molecule has 0 spiro atoms. The van der Waals surface area contributed by atoms with Crippen LogP contribution in [-0.2, 0) is 0 Å². The number of hydrogen-bond donors (Lipinski definition) is 2. The highest BCUT2D eigenvalue weighted by atomic mass is 14.9. The fourth-order valence-corrected chi connectivity index (χ4v) is 2.36. The Labute approximate surface area is 91.9 Å². The number of benzene rings is 1. The Hall–Kier alpha value is -1.18. The second-order valence-corrected chi connectivity index (χ2v) is 4.65. The Bertz CT molecular complexity index is 329. The monoisotopic (exact) mass is 204 g/mol. The lowest BCUT2D eigenvalue weighted by Gasteiger charge is -2.16. The Kier molecular flexibility index (Phi) is 2.85. The summed E-state index contributed by atoms with van der Waals surface area (Å²) in [5.41, 5.74) is 10.4. The number of nitrogen functional groups attached to an aromatic ring is 1. The molecule has 2 rings (SSSR count). The zero-order valence-corrected chi connectivity index (χ0v) is 9.64. The van der Waals surface area contributed by atoms with Crippen molar-refractivity contribution in [3.05, 3.63) is 23.3 Å². The normalized spacial score (nSPS) is 16.9. The molecule has 1 aliphatic carbocycles. The van der Waals surface area contributed by atoms with Gasteiger partial charge in [0.1, 0.15) is 0 Å². The van der Waals surface area contributed by atoms with Gasteiger partial charge in [-0.15, -0.1) is 0 Å². The Balaban J connectivity index is 2.14. The third-order valence-electron chi connectivity index (χ3n) is 3.32. The van der Waals surface area contributed by atoms with Crippen LogP contribution in [0.15, 0.2) is 12.1 Å². The maximum Gasteiger partial charge on any atom is 0.0374 e. The molecule has 82 valence electrons. The Morgan fingerprint density at radius 1 is 1.13 bits per heavy atom. The van der Waals surface area contributed by atoms with Gasteiger partial charge in [-0.25, -0.2) is 0 Å². The highest BCUT2D eigenvalue weighted by Gasteiger charge is 2.14. The van der Waals surface area contributed by atoms with Gasteiger partial charge in [-0.1, -0.05) is 12.8 Å². The van der Waals surface area contributed by atoms with Crippen molar-refractivity contribution in [2.75, 3.05) is 11.1 Å². The van der Waals surface area contributed by atoms with E-state index >= 15 is 0 Å². The average Bonchev–Trinajstić information content (AvgIpc) is 2.66. The van der Waals surface area contributed by atoms with E-state index in [1.807, 2.05) is 0 Å². The summed E-state index contributed by atoms with van der Waals surface area (Å²) in [4.78, 5) is 0. The third kappa shape index (κ3) is 2.25. The number of hydrogen-bond acceptors (Lipinski definition) is 2. The molecule has 0 unspecified atom stereocenters. The summed E-state index contributed by atoms with van der Waals surface area (Å²) < 4.78 is 0. The minimum atomic E-state index is 0.674. The zero-order valence-electron chi connectivity index (χ0n) is 9.64. The molecule has 0 atom stereocenters. The first-order valence-electron chi connectivity index (χ1n) is 5.80. The van der Waals surface area contributed by atoms with Crippen LogP contribution in [0.5, 0.6) is 0 Å². The molecule has 0 bridgehead atoms. The van der Waals surface area contributed by atoms with Crippen molar-refractivity contribution in [3.8, 4) is 0 Å². The van der Waals surface area contributed by atoms with Crippen molar-refractivity contribution >= 4 is 11.4 Å². The quantitative estimate of drug-likeness (QED) is 0.726. The molecule has 1 aliphatic rings. The molecule has 2 heteroatoms. The maximum atomic E-state index is 5.93. The van der Waals surface area contributed by atoms with E-state index in [0.717, 1.165) is 5.69 Å². The van der Waals surface area contributed by atoms with Gasteiger partial charge in [-0.2, -0.15) is 0 Å². The molecular formula is C13H20N2. The van der Waals surface area contributed by atoms with Gasteiger partial charge in [0, 0.05) is 17.4 Å². The van der Waals surface area contributed by atoms with Crippen LogP contribution in [0.2, 0.25) is 0 Å². The first-order valence-corrected chi connectivity index (χ1v) is 5.80. The largest absolute Gasteiger partial charge is 0.398 e. The van der Waals surface area contributed by atoms with Gasteiger partial charge >= 0.3 is 0 Å². The van der Waals surface area contributed by atoms with Gasteiger partial charge in [-0.3, -0.25) is 0 Å². The van der Waals surface area contributed by atoms with Crippen LogP contribution in [0.1, 0.15) is 36.8 Å². The summed E-state index contributed by atoms with van der Waals surface area (Å²) in [6, 6.07) is 4.98. The van der Waals surface area contributed by atoms with Crippen LogP contribution in [0.3, 0.4) is 0 Å². The van der Waals surface area contributed by atoms with Gasteiger partial charge in [0.05, 0.1) is 0 Å². The Morgan fingerprint density at radius 2 is 1.67 bits per heavy atom. The van der Waals surface area contributed by atoms with Gasteiger partial charge in [0.25, 0.3) is 0 Å². The fraction of sp³-hybridized carbons (Fsp3) is 0.538. The van der Waals surface area contributed by atoms with Crippen LogP contribution >= 0.6 is 0 Å². The summed E-state index contributed by atoms with van der Waals surface area (Å²) in [6.45, 7) is 4.14. The number of anilines is 2. The molecule has 1 aromatic carbocycles. The molecular weight excluding hydrogens is 184 g/mol. The molecule has 0 heterocycles. The van der Waals surface area contributed by atoms with Crippen molar-refractivity contribution in [2.45, 2.75) is 45.6 Å². The van der Waals surface area contributed by atoms with Gasteiger partial charge in [-0.05, 0) is 49.9 Å². The average molecular weight is 204 g/mol. The predicted octanol–water partition coefficient (Wildman–Crippen LogP) is 3.24. The van der Waals surface area contributed by atoms with Crippen LogP contribution < -0.4 is 11.1 Å². The first kappa shape index (κ1) is 10.3. The van der Waals surface area contributed by atoms with Gasteiger partial charge in [0.15, 0.2) is 0 Å². The lowest BCUT2D eigenvalue weighted by molar-refractivity contribution is 0.755. The smallest absolute Gasteiger partial charge is 0.0374 e. The topological polar surface area (TPSA) is 38.0 Å². The molecule has 2 nitrogen and oxygen atoms in total. The SMILES string of the molecule is Cc1cc(NC2CCCC2)cc(C)c1N. The van der Waals surface area contributed by atoms with E-state index in [-0.39, 0.29) is 0 Å². The highest BCUT2D eigenvalue weighted by molar-refractivity contribution is 5.62. The number of aryl methyl sites for hydroxylation is 2. The highest BCUT2D eigenvalue weighted by Crippen LogP contribution is 2.26. The van der Waals surface area contributed by atoms with Crippen LogP contribution in [-0.4, -0.2) is 6.04 Å². The van der Waals surface area contributed by atoms with E-state index in [2.05, 4.69) is 31.3 Å². The van der Waals surface area contributed by atoms with Crippen molar-refractivity contribution in [2.24, 2.45) is 0 Å². The summed E-state index contributed by atoms with van der Waals surface area (Å²) in [7, 11) is 0. The first-order chi connectivity index (χ1) is 7.16. The van der Waals surface area contributed by atoms with E-state index in [4.69, 9.17) is 5.73 Å². The molecule has 0 aromatic heterocycles. The maximum absolute atomic E-state index is 5.93. The minimum absolute atomic E-state index is 0.674. The van der Waals surface area contributed by atoms with E-state index < -0.39 is 0 Å². The summed E-state index contributed by atoms with van der Waals surface area (Å²) in [5, 5.41) is 3.59. The molecule has 1 aromatic rings. The zero-order chi connectivity index (χ0) is 10.8.